The van der Waals surface area contributed by atoms with Crippen LogP contribution in [0.4, 0.5) is 0 Å². The molecular weight excluding hydrogens is 434 g/mol. The molecule has 0 aromatic heterocycles. The first-order valence-corrected chi connectivity index (χ1v) is 11.8. The van der Waals surface area contributed by atoms with Crippen molar-refractivity contribution in [1.82, 2.24) is 15.1 Å². The topological polar surface area (TPSA) is 80.3 Å². The maximum atomic E-state index is 13.7. The molecule has 1 saturated heterocycles. The third-order valence-corrected chi connectivity index (χ3v) is 7.14. The molecule has 0 bridgehead atoms. The van der Waals surface area contributed by atoms with E-state index in [9.17, 15) is 9.59 Å². The average Bonchev–Trinajstić information content (AvgIpc) is 2.88. The van der Waals surface area contributed by atoms with Gasteiger partial charge < -0.3 is 24.4 Å². The highest BCUT2D eigenvalue weighted by Gasteiger charge is 2.46. The molecule has 3 aliphatic rings. The van der Waals surface area contributed by atoms with E-state index < -0.39 is 12.0 Å². The number of morpholine rings is 1. The maximum absolute atomic E-state index is 13.7. The molecule has 0 radical (unpaired) electrons. The van der Waals surface area contributed by atoms with Gasteiger partial charge in [-0.05, 0) is 41.3 Å². The van der Waals surface area contributed by atoms with Crippen LogP contribution in [0.2, 0.25) is 0 Å². The Morgan fingerprint density at radius 2 is 1.79 bits per heavy atom. The van der Waals surface area contributed by atoms with Crippen LogP contribution >= 0.6 is 0 Å². The zero-order valence-corrected chi connectivity index (χ0v) is 19.7. The van der Waals surface area contributed by atoms with Crippen LogP contribution in [0, 0.1) is 0 Å². The van der Waals surface area contributed by atoms with Gasteiger partial charge in [0, 0.05) is 38.3 Å². The zero-order valence-electron chi connectivity index (χ0n) is 19.7. The van der Waals surface area contributed by atoms with Gasteiger partial charge >= 0.3 is 0 Å². The molecule has 2 aromatic rings. The predicted octanol–water partition coefficient (Wildman–Crippen LogP) is 1.99. The van der Waals surface area contributed by atoms with Gasteiger partial charge in [0.05, 0.1) is 39.4 Å². The third-order valence-electron chi connectivity index (χ3n) is 7.14. The van der Waals surface area contributed by atoms with Crippen molar-refractivity contribution < 1.29 is 23.8 Å². The highest BCUT2D eigenvalue weighted by Crippen LogP contribution is 2.48. The number of carbonyl (C=O) groups is 2. The smallest absolute Gasteiger partial charge is 0.254 e. The monoisotopic (exact) mass is 465 g/mol. The number of methoxy groups -OCH3 is 2. The van der Waals surface area contributed by atoms with Gasteiger partial charge in [0.25, 0.3) is 5.91 Å². The molecule has 3 heterocycles. The SMILES string of the molecule is COc1cc2c(cc1OC)[C@@H]1[C@@H](C(=O)NCCN3CCOCC3)c3ccccc3C(=O)N1CC2. The first kappa shape index (κ1) is 22.7. The Morgan fingerprint density at radius 3 is 2.56 bits per heavy atom. The van der Waals surface area contributed by atoms with E-state index in [2.05, 4.69) is 10.2 Å². The molecule has 2 atom stereocenters. The molecule has 8 nitrogen and oxygen atoms in total. The Balaban J connectivity index is 1.49. The van der Waals surface area contributed by atoms with E-state index in [1.165, 1.54) is 0 Å². The summed E-state index contributed by atoms with van der Waals surface area (Å²) in [6.45, 7) is 5.09. The normalized spacial score (nSPS) is 21.8. The van der Waals surface area contributed by atoms with Crippen LogP contribution in [0.1, 0.15) is 39.0 Å². The molecule has 1 N–H and O–H groups in total. The van der Waals surface area contributed by atoms with Crippen molar-refractivity contribution in [2.45, 2.75) is 18.4 Å². The van der Waals surface area contributed by atoms with Gasteiger partial charge in [0.15, 0.2) is 11.5 Å². The largest absolute Gasteiger partial charge is 0.493 e. The second-order valence-electron chi connectivity index (χ2n) is 8.91. The van der Waals surface area contributed by atoms with Crippen LogP contribution in [0.5, 0.6) is 11.5 Å². The Morgan fingerprint density at radius 1 is 1.06 bits per heavy atom. The molecule has 34 heavy (non-hydrogen) atoms. The van der Waals surface area contributed by atoms with Crippen molar-refractivity contribution in [2.75, 3.05) is 60.2 Å². The molecule has 2 aromatic carbocycles. The quantitative estimate of drug-likeness (QED) is 0.703. The number of rotatable bonds is 6. The summed E-state index contributed by atoms with van der Waals surface area (Å²) in [5.74, 6) is 0.657. The van der Waals surface area contributed by atoms with Gasteiger partial charge in [-0.3, -0.25) is 14.5 Å². The van der Waals surface area contributed by atoms with Crippen LogP contribution in [-0.2, 0) is 16.0 Å². The molecule has 0 aliphatic carbocycles. The molecule has 5 rings (SSSR count). The second-order valence-corrected chi connectivity index (χ2v) is 8.91. The van der Waals surface area contributed by atoms with Crippen LogP contribution in [-0.4, -0.2) is 81.8 Å². The summed E-state index contributed by atoms with van der Waals surface area (Å²) < 4.78 is 16.5. The van der Waals surface area contributed by atoms with E-state index in [0.29, 0.717) is 36.6 Å². The second kappa shape index (κ2) is 9.64. The first-order valence-electron chi connectivity index (χ1n) is 11.8. The number of benzene rings is 2. The Hall–Kier alpha value is -3.10. The lowest BCUT2D eigenvalue weighted by molar-refractivity contribution is -0.124. The van der Waals surface area contributed by atoms with E-state index in [-0.39, 0.29) is 11.8 Å². The fraction of sp³-hybridized carbons (Fsp3) is 0.462. The van der Waals surface area contributed by atoms with Crippen molar-refractivity contribution in [1.29, 1.82) is 0 Å². The van der Waals surface area contributed by atoms with Gasteiger partial charge in [-0.2, -0.15) is 0 Å². The minimum atomic E-state index is -0.504. The number of ether oxygens (including phenoxy) is 3. The van der Waals surface area contributed by atoms with Gasteiger partial charge in [-0.1, -0.05) is 18.2 Å². The van der Waals surface area contributed by atoms with E-state index in [4.69, 9.17) is 14.2 Å². The highest BCUT2D eigenvalue weighted by molar-refractivity contribution is 6.01. The third kappa shape index (κ3) is 4.01. The Bertz CT molecular complexity index is 1080. The summed E-state index contributed by atoms with van der Waals surface area (Å²) in [5.41, 5.74) is 3.41. The Kier molecular flexibility index (Phi) is 6.43. The molecule has 1 fully saturated rings. The fourth-order valence-electron chi connectivity index (χ4n) is 5.41. The van der Waals surface area contributed by atoms with Gasteiger partial charge in [-0.15, -0.1) is 0 Å². The number of fused-ring (bicyclic) bond motifs is 4. The first-order chi connectivity index (χ1) is 16.6. The van der Waals surface area contributed by atoms with Crippen LogP contribution in [0.3, 0.4) is 0 Å². The van der Waals surface area contributed by atoms with Crippen LogP contribution < -0.4 is 14.8 Å². The van der Waals surface area contributed by atoms with E-state index in [0.717, 1.165) is 49.5 Å². The summed E-state index contributed by atoms with van der Waals surface area (Å²) in [4.78, 5) is 31.3. The number of amides is 2. The minimum Gasteiger partial charge on any atom is -0.493 e. The molecule has 8 heteroatoms. The van der Waals surface area contributed by atoms with Crippen molar-refractivity contribution in [3.05, 3.63) is 58.7 Å². The van der Waals surface area contributed by atoms with Crippen LogP contribution in [0.15, 0.2) is 36.4 Å². The van der Waals surface area contributed by atoms with Crippen molar-refractivity contribution in [3.63, 3.8) is 0 Å². The van der Waals surface area contributed by atoms with Crippen molar-refractivity contribution >= 4 is 11.8 Å². The fourth-order valence-corrected chi connectivity index (χ4v) is 5.41. The number of hydrogen-bond donors (Lipinski definition) is 1. The lowest BCUT2D eigenvalue weighted by Crippen LogP contribution is -2.50. The number of hydrogen-bond acceptors (Lipinski definition) is 6. The predicted molar refractivity (Wildman–Crippen MR) is 126 cm³/mol. The lowest BCUT2D eigenvalue weighted by atomic mass is 9.75. The van der Waals surface area contributed by atoms with Gasteiger partial charge in [0.2, 0.25) is 5.91 Å². The molecule has 2 amide bonds. The summed E-state index contributed by atoms with van der Waals surface area (Å²) in [7, 11) is 3.21. The van der Waals surface area contributed by atoms with Gasteiger partial charge in [-0.25, -0.2) is 0 Å². The number of nitrogens with zero attached hydrogens (tertiary/aromatic N) is 2. The van der Waals surface area contributed by atoms with Crippen molar-refractivity contribution in [3.8, 4) is 11.5 Å². The molecule has 180 valence electrons. The van der Waals surface area contributed by atoms with E-state index in [1.54, 1.807) is 14.2 Å². The molecular formula is C26H31N3O5. The Labute approximate surface area is 199 Å². The standard InChI is InChI=1S/C26H31N3O5/c1-32-21-15-17-7-9-29-24(20(17)16-22(21)33-2)23(18-5-3-4-6-19(18)26(29)31)25(30)27-8-10-28-11-13-34-14-12-28/h3-6,15-16,23-24H,7-14H2,1-2H3,(H,27,30)/t23-,24+/m0/s1. The van der Waals surface area contributed by atoms with Crippen LogP contribution in [0.25, 0.3) is 0 Å². The zero-order chi connectivity index (χ0) is 23.7. The highest BCUT2D eigenvalue weighted by atomic mass is 16.5. The summed E-state index contributed by atoms with van der Waals surface area (Å²) >= 11 is 0. The average molecular weight is 466 g/mol. The van der Waals surface area contributed by atoms with E-state index >= 15 is 0 Å². The maximum Gasteiger partial charge on any atom is 0.254 e. The summed E-state index contributed by atoms with van der Waals surface area (Å²) in [6, 6.07) is 11.0. The minimum absolute atomic E-state index is 0.0293. The number of nitrogens with one attached hydrogen (secondary N) is 1. The molecule has 3 aliphatic heterocycles. The lowest BCUT2D eigenvalue weighted by Gasteiger charge is -2.45. The van der Waals surface area contributed by atoms with E-state index in [1.807, 2.05) is 41.3 Å². The van der Waals surface area contributed by atoms with Crippen molar-refractivity contribution in [2.24, 2.45) is 0 Å². The number of carbonyl (C=O) groups excluding carboxylic acids is 2. The summed E-state index contributed by atoms with van der Waals surface area (Å²) in [5, 5.41) is 3.16. The summed E-state index contributed by atoms with van der Waals surface area (Å²) in [6.07, 6.45) is 0.700. The molecule has 0 unspecified atom stereocenters. The van der Waals surface area contributed by atoms with Gasteiger partial charge in [0.1, 0.15) is 0 Å². The molecule has 0 spiro atoms. The molecule has 0 saturated carbocycles.